The van der Waals surface area contributed by atoms with Crippen molar-refractivity contribution < 1.29 is 23.4 Å². The lowest BCUT2D eigenvalue weighted by Gasteiger charge is -2.40. The number of hydrogen-bond acceptors (Lipinski definition) is 5. The van der Waals surface area contributed by atoms with Gasteiger partial charge in [0, 0.05) is 38.1 Å². The third-order valence-corrected chi connectivity index (χ3v) is 7.86. The summed E-state index contributed by atoms with van der Waals surface area (Å²) in [5, 5.41) is 16.0. The fraction of sp³-hybridized carbons (Fsp3) is 0.452. The molecule has 0 saturated carbocycles. The lowest BCUT2D eigenvalue weighted by molar-refractivity contribution is 0.0281. The van der Waals surface area contributed by atoms with Crippen molar-refractivity contribution in [3.63, 3.8) is 0 Å². The third-order valence-electron chi connectivity index (χ3n) is 7.86. The Morgan fingerprint density at radius 3 is 2.71 bits per heavy atom. The van der Waals surface area contributed by atoms with Crippen molar-refractivity contribution in [3.8, 4) is 11.3 Å². The first kappa shape index (κ1) is 29.2. The molecule has 2 saturated heterocycles. The molecule has 2 amide bonds. The summed E-state index contributed by atoms with van der Waals surface area (Å²) in [4.78, 5) is 20.7. The first-order valence-electron chi connectivity index (χ1n) is 14.3. The molecule has 3 aromatic rings. The molecule has 3 atom stereocenters. The van der Waals surface area contributed by atoms with Crippen LogP contribution in [0.3, 0.4) is 0 Å². The summed E-state index contributed by atoms with van der Waals surface area (Å²) in [6, 6.07) is 12.0. The Labute approximate surface area is 239 Å². The number of halogens is 2. The minimum Gasteiger partial charge on any atom is -0.394 e. The molecule has 0 bridgehead atoms. The number of nitrogens with one attached hydrogen (secondary N) is 2. The Bertz CT molecular complexity index is 1290. The number of aromatic nitrogens is 2. The molecule has 2 fully saturated rings. The fourth-order valence-corrected chi connectivity index (χ4v) is 5.69. The SMILES string of the molecule is C[C@@H](CO)NC(=O)N(C[C@H]1[CH]CNC1)[C@@H](c1nc(-c2cc(F)ccc2F)cn1Cc1ccccc1)C1CCOCC1. The van der Waals surface area contributed by atoms with E-state index >= 15 is 0 Å². The van der Waals surface area contributed by atoms with Crippen LogP contribution in [0.2, 0.25) is 0 Å². The zero-order valence-electron chi connectivity index (χ0n) is 23.3. The van der Waals surface area contributed by atoms with Crippen LogP contribution in [0.5, 0.6) is 0 Å². The summed E-state index contributed by atoms with van der Waals surface area (Å²) in [7, 11) is 0. The molecule has 3 N–H and O–H groups in total. The van der Waals surface area contributed by atoms with Gasteiger partial charge in [0.25, 0.3) is 0 Å². The van der Waals surface area contributed by atoms with Gasteiger partial charge in [-0.3, -0.25) is 0 Å². The van der Waals surface area contributed by atoms with Crippen LogP contribution in [0, 0.1) is 29.9 Å². The van der Waals surface area contributed by atoms with Gasteiger partial charge in [-0.05, 0) is 74.9 Å². The maximum absolute atomic E-state index is 15.0. The van der Waals surface area contributed by atoms with E-state index in [0.29, 0.717) is 37.8 Å². The average Bonchev–Trinajstić information content (AvgIpc) is 3.65. The van der Waals surface area contributed by atoms with E-state index in [1.165, 1.54) is 0 Å². The molecule has 3 heterocycles. The maximum atomic E-state index is 15.0. The van der Waals surface area contributed by atoms with Gasteiger partial charge in [0.1, 0.15) is 17.5 Å². The molecule has 41 heavy (non-hydrogen) atoms. The van der Waals surface area contributed by atoms with E-state index in [-0.39, 0.29) is 30.0 Å². The summed E-state index contributed by atoms with van der Waals surface area (Å²) in [5.74, 6) is -0.356. The molecular weight excluding hydrogens is 528 g/mol. The smallest absolute Gasteiger partial charge is 0.318 e. The van der Waals surface area contributed by atoms with Crippen LogP contribution in [0.1, 0.15) is 37.2 Å². The number of nitrogens with zero attached hydrogens (tertiary/aromatic N) is 3. The number of carbonyl (C=O) groups is 1. The van der Waals surface area contributed by atoms with Crippen molar-refractivity contribution in [1.29, 1.82) is 0 Å². The van der Waals surface area contributed by atoms with Crippen LogP contribution >= 0.6 is 0 Å². The highest BCUT2D eigenvalue weighted by Gasteiger charge is 2.38. The molecule has 2 aliphatic heterocycles. The molecule has 2 aromatic carbocycles. The first-order valence-corrected chi connectivity index (χ1v) is 14.3. The van der Waals surface area contributed by atoms with Gasteiger partial charge < -0.3 is 29.9 Å². The van der Waals surface area contributed by atoms with Crippen LogP contribution in [-0.2, 0) is 11.3 Å². The number of aliphatic hydroxyl groups excluding tert-OH is 1. The van der Waals surface area contributed by atoms with Crippen LogP contribution in [0.25, 0.3) is 11.3 Å². The molecule has 0 spiro atoms. The number of hydrogen-bond donors (Lipinski definition) is 3. The fourth-order valence-electron chi connectivity index (χ4n) is 5.69. The maximum Gasteiger partial charge on any atom is 0.318 e. The largest absolute Gasteiger partial charge is 0.394 e. The van der Waals surface area contributed by atoms with Crippen LogP contribution in [0.15, 0.2) is 54.7 Å². The minimum atomic E-state index is -0.567. The van der Waals surface area contributed by atoms with Crippen molar-refractivity contribution in [2.75, 3.05) is 39.5 Å². The summed E-state index contributed by atoms with van der Waals surface area (Å²) < 4.78 is 36.9. The second kappa shape index (κ2) is 13.5. The average molecular weight is 567 g/mol. The monoisotopic (exact) mass is 566 g/mol. The van der Waals surface area contributed by atoms with E-state index < -0.39 is 23.7 Å². The summed E-state index contributed by atoms with van der Waals surface area (Å²) in [5.41, 5.74) is 1.39. The predicted octanol–water partition coefficient (Wildman–Crippen LogP) is 4.16. The summed E-state index contributed by atoms with van der Waals surface area (Å²) in [6.07, 6.45) is 5.36. The molecule has 1 radical (unpaired) electrons. The van der Waals surface area contributed by atoms with Crippen molar-refractivity contribution in [2.24, 2.45) is 11.8 Å². The molecule has 0 unspecified atom stereocenters. The molecular formula is C31H38F2N5O3. The molecule has 8 nitrogen and oxygen atoms in total. The zero-order valence-corrected chi connectivity index (χ0v) is 23.3. The van der Waals surface area contributed by atoms with Crippen LogP contribution < -0.4 is 10.6 Å². The number of rotatable bonds is 10. The minimum absolute atomic E-state index is 0.0235. The number of urea groups is 1. The van der Waals surface area contributed by atoms with Gasteiger partial charge in [-0.15, -0.1) is 0 Å². The summed E-state index contributed by atoms with van der Waals surface area (Å²) in [6.45, 7) is 5.09. The number of imidazole rings is 1. The van der Waals surface area contributed by atoms with Crippen molar-refractivity contribution in [2.45, 2.75) is 38.4 Å². The van der Waals surface area contributed by atoms with Crippen LogP contribution in [0.4, 0.5) is 13.6 Å². The quantitative estimate of drug-likeness (QED) is 0.343. The number of amides is 2. The Balaban J connectivity index is 1.63. The van der Waals surface area contributed by atoms with E-state index in [9.17, 15) is 18.7 Å². The normalized spacial score (nSPS) is 19.2. The standard InChI is InChI=1S/C31H38F2N5O3/c1-21(20-39)35-31(40)38(18-23-9-12-34-16-23)29(24-10-13-41-14-11-24)30-36-28(26-15-25(32)7-8-27(26)33)19-37(30)17-22-5-3-2-4-6-22/h2-9,15,19,21,23-24,29,34,39H,10-14,16-18,20H2,1H3,(H,35,40)/t21-,23-,29+/m0/s1. The topological polar surface area (TPSA) is 91.6 Å². The molecule has 1 aromatic heterocycles. The first-order chi connectivity index (χ1) is 19.9. The van der Waals surface area contributed by atoms with Gasteiger partial charge in [0.05, 0.1) is 24.4 Å². The highest BCUT2D eigenvalue weighted by molar-refractivity contribution is 5.75. The van der Waals surface area contributed by atoms with E-state index in [4.69, 9.17) is 9.72 Å². The predicted molar refractivity (Wildman–Crippen MR) is 152 cm³/mol. The lowest BCUT2D eigenvalue weighted by Crippen LogP contribution is -2.51. The Morgan fingerprint density at radius 1 is 1.22 bits per heavy atom. The Hall–Kier alpha value is -3.34. The number of aliphatic hydroxyl groups is 1. The highest BCUT2D eigenvalue weighted by Crippen LogP contribution is 2.38. The van der Waals surface area contributed by atoms with Gasteiger partial charge in [-0.25, -0.2) is 18.6 Å². The molecule has 0 aliphatic carbocycles. The van der Waals surface area contributed by atoms with Gasteiger partial charge in [-0.1, -0.05) is 30.3 Å². The van der Waals surface area contributed by atoms with E-state index in [1.807, 2.05) is 39.8 Å². The Kier molecular flexibility index (Phi) is 9.64. The van der Waals surface area contributed by atoms with Gasteiger partial charge in [-0.2, -0.15) is 0 Å². The molecule has 2 aliphatic rings. The van der Waals surface area contributed by atoms with E-state index in [0.717, 1.165) is 49.7 Å². The molecule has 5 rings (SSSR count). The Morgan fingerprint density at radius 2 is 2.00 bits per heavy atom. The van der Waals surface area contributed by atoms with Crippen molar-refractivity contribution >= 4 is 6.03 Å². The number of carbonyl (C=O) groups excluding carboxylic acids is 1. The van der Waals surface area contributed by atoms with Gasteiger partial charge in [0.2, 0.25) is 0 Å². The van der Waals surface area contributed by atoms with Crippen LogP contribution in [-0.4, -0.2) is 71.1 Å². The van der Waals surface area contributed by atoms with E-state index in [2.05, 4.69) is 17.1 Å². The number of ether oxygens (including phenoxy) is 1. The van der Waals surface area contributed by atoms with Gasteiger partial charge in [0.15, 0.2) is 0 Å². The highest BCUT2D eigenvalue weighted by atomic mass is 19.1. The van der Waals surface area contributed by atoms with Crippen molar-refractivity contribution in [1.82, 2.24) is 25.1 Å². The number of benzene rings is 2. The van der Waals surface area contributed by atoms with E-state index in [1.54, 1.807) is 13.1 Å². The summed E-state index contributed by atoms with van der Waals surface area (Å²) >= 11 is 0. The van der Waals surface area contributed by atoms with Crippen molar-refractivity contribution in [3.05, 3.63) is 84.2 Å². The molecule has 10 heteroatoms. The second-order valence-electron chi connectivity index (χ2n) is 11.0. The lowest BCUT2D eigenvalue weighted by atomic mass is 9.89. The third kappa shape index (κ3) is 7.12. The second-order valence-corrected chi connectivity index (χ2v) is 11.0. The molecule has 219 valence electrons. The van der Waals surface area contributed by atoms with Gasteiger partial charge >= 0.3 is 6.03 Å². The zero-order chi connectivity index (χ0) is 28.8.